The van der Waals surface area contributed by atoms with Crippen molar-refractivity contribution in [3.8, 4) is 11.5 Å². The summed E-state index contributed by atoms with van der Waals surface area (Å²) in [6.07, 6.45) is 1.63. The Labute approximate surface area is 196 Å². The van der Waals surface area contributed by atoms with Crippen LogP contribution in [-0.2, 0) is 20.3 Å². The third-order valence-corrected chi connectivity index (χ3v) is 5.82. The van der Waals surface area contributed by atoms with Gasteiger partial charge in [0.05, 0.1) is 11.9 Å². The van der Waals surface area contributed by atoms with Crippen LogP contribution in [-0.4, -0.2) is 16.1 Å². The molecule has 0 saturated carbocycles. The van der Waals surface area contributed by atoms with Gasteiger partial charge in [-0.15, -0.1) is 0 Å². The van der Waals surface area contributed by atoms with Crippen molar-refractivity contribution in [3.63, 3.8) is 0 Å². The smallest absolute Gasteiger partial charge is 0.223 e. The van der Waals surface area contributed by atoms with E-state index in [0.29, 0.717) is 40.3 Å². The maximum absolute atomic E-state index is 12.9. The topological polar surface area (TPSA) is 74.6 Å². The van der Waals surface area contributed by atoms with Crippen LogP contribution in [0.2, 0.25) is 0 Å². The van der Waals surface area contributed by atoms with Crippen molar-refractivity contribution in [1.29, 1.82) is 0 Å². The molecule has 3 aromatic carbocycles. The van der Waals surface area contributed by atoms with Gasteiger partial charge in [0.1, 0.15) is 19.0 Å². The minimum absolute atomic E-state index is 0.113. The lowest BCUT2D eigenvalue weighted by Crippen LogP contribution is -2.20. The van der Waals surface area contributed by atoms with Crippen LogP contribution < -0.4 is 14.9 Å². The molecule has 0 fully saturated rings. The van der Waals surface area contributed by atoms with Crippen molar-refractivity contribution in [1.82, 2.24) is 4.57 Å². The fraction of sp³-hybridized carbons (Fsp3) is 0.107. The van der Waals surface area contributed by atoms with Gasteiger partial charge in [0, 0.05) is 35.4 Å². The zero-order chi connectivity index (χ0) is 23.7. The molecule has 0 unspecified atom stereocenters. The number of pyridine rings is 1. The minimum Gasteiger partial charge on any atom is -0.487 e. The number of ketones is 2. The molecule has 1 aliphatic carbocycles. The van der Waals surface area contributed by atoms with E-state index in [9.17, 15) is 14.4 Å². The average Bonchev–Trinajstić information content (AvgIpc) is 2.87. The van der Waals surface area contributed by atoms with Crippen LogP contribution in [0.1, 0.15) is 43.1 Å². The summed E-state index contributed by atoms with van der Waals surface area (Å²) in [5.41, 5.74) is 2.87. The summed E-state index contributed by atoms with van der Waals surface area (Å²) in [5.74, 6) is 0.316. The highest BCUT2D eigenvalue weighted by molar-refractivity contribution is 6.28. The average molecular weight is 451 g/mol. The van der Waals surface area contributed by atoms with Crippen LogP contribution in [0.15, 0.2) is 89.9 Å². The molecule has 0 amide bonds. The number of fused-ring (bicyclic) bond motifs is 2. The Kier molecular flexibility index (Phi) is 5.55. The van der Waals surface area contributed by atoms with E-state index in [2.05, 4.69) is 0 Å². The van der Waals surface area contributed by atoms with Gasteiger partial charge in [0.15, 0.2) is 17.3 Å². The van der Waals surface area contributed by atoms with Gasteiger partial charge >= 0.3 is 0 Å². The Balaban J connectivity index is 1.32. The van der Waals surface area contributed by atoms with Crippen LogP contribution in [0, 0.1) is 0 Å². The molecule has 0 N–H and O–H groups in total. The minimum atomic E-state index is -0.240. The second-order valence-electron chi connectivity index (χ2n) is 8.08. The molecule has 6 heteroatoms. The third-order valence-electron chi connectivity index (χ3n) is 5.82. The van der Waals surface area contributed by atoms with E-state index in [1.54, 1.807) is 60.3 Å². The van der Waals surface area contributed by atoms with Crippen molar-refractivity contribution in [2.24, 2.45) is 7.05 Å². The molecule has 1 aliphatic rings. The molecule has 0 saturated heterocycles. The highest BCUT2D eigenvalue weighted by atomic mass is 16.5. The number of aryl methyl sites for hydroxylation is 1. The molecule has 0 atom stereocenters. The molecule has 0 aliphatic heterocycles. The van der Waals surface area contributed by atoms with Crippen LogP contribution >= 0.6 is 0 Å². The van der Waals surface area contributed by atoms with Gasteiger partial charge in [-0.25, -0.2) is 0 Å². The van der Waals surface area contributed by atoms with Gasteiger partial charge in [-0.2, -0.15) is 0 Å². The lowest BCUT2D eigenvalue weighted by atomic mass is 9.84. The molecule has 0 bridgehead atoms. The van der Waals surface area contributed by atoms with Gasteiger partial charge < -0.3 is 14.0 Å². The Bertz CT molecular complexity index is 1470. The van der Waals surface area contributed by atoms with Gasteiger partial charge in [0.2, 0.25) is 5.43 Å². The monoisotopic (exact) mass is 451 g/mol. The first-order valence-corrected chi connectivity index (χ1v) is 10.8. The maximum Gasteiger partial charge on any atom is 0.223 e. The molecule has 0 radical (unpaired) electrons. The van der Waals surface area contributed by atoms with Crippen LogP contribution in [0.3, 0.4) is 0 Å². The Morgan fingerprint density at radius 3 is 2.06 bits per heavy atom. The molecular formula is C28H21NO5. The molecule has 6 nitrogen and oxygen atoms in total. The second kappa shape index (κ2) is 8.83. The lowest BCUT2D eigenvalue weighted by molar-refractivity contribution is 0.0978. The number of ether oxygens (including phenoxy) is 2. The second-order valence-corrected chi connectivity index (χ2v) is 8.08. The quantitative estimate of drug-likeness (QED) is 0.384. The molecular weight excluding hydrogens is 430 g/mol. The molecule has 1 heterocycles. The first kappa shape index (κ1) is 21.4. The highest BCUT2D eigenvalue weighted by Gasteiger charge is 2.29. The number of hydrogen-bond donors (Lipinski definition) is 0. The number of carbonyl (C=O) groups excluding carboxylic acids is 2. The summed E-state index contributed by atoms with van der Waals surface area (Å²) in [4.78, 5) is 38.2. The number of nitrogens with zero attached hydrogens (tertiary/aromatic N) is 1. The van der Waals surface area contributed by atoms with E-state index in [1.165, 1.54) is 6.07 Å². The van der Waals surface area contributed by atoms with E-state index < -0.39 is 0 Å². The van der Waals surface area contributed by atoms with E-state index >= 15 is 0 Å². The summed E-state index contributed by atoms with van der Waals surface area (Å²) in [6.45, 7) is 0.416. The number of hydrogen-bond acceptors (Lipinski definition) is 5. The number of benzene rings is 3. The zero-order valence-electron chi connectivity index (χ0n) is 18.5. The van der Waals surface area contributed by atoms with Crippen LogP contribution in [0.25, 0.3) is 0 Å². The molecule has 1 aromatic heterocycles. The molecule has 4 aromatic rings. The standard InChI is InChI=1S/C28H21NO5/c1-29-15-26(34-16-18-7-3-2-4-8-18)25(30)13-19(29)17-33-20-11-12-23-24(14-20)28(32)22-10-6-5-9-21(22)27(23)31/h2-15H,16-17H2,1H3. The van der Waals surface area contributed by atoms with Gasteiger partial charge in [-0.1, -0.05) is 54.6 Å². The summed E-state index contributed by atoms with van der Waals surface area (Å²) in [7, 11) is 1.81. The highest BCUT2D eigenvalue weighted by Crippen LogP contribution is 2.30. The fourth-order valence-electron chi connectivity index (χ4n) is 3.96. The first-order valence-electron chi connectivity index (χ1n) is 10.8. The molecule has 34 heavy (non-hydrogen) atoms. The van der Waals surface area contributed by atoms with Crippen molar-refractivity contribution in [2.45, 2.75) is 13.2 Å². The van der Waals surface area contributed by atoms with Gasteiger partial charge in [-0.3, -0.25) is 14.4 Å². The molecule has 0 spiro atoms. The molecule has 5 rings (SSSR count). The predicted molar refractivity (Wildman–Crippen MR) is 127 cm³/mol. The van der Waals surface area contributed by atoms with Gasteiger partial charge in [0.25, 0.3) is 0 Å². The first-order chi connectivity index (χ1) is 16.5. The Morgan fingerprint density at radius 1 is 0.676 bits per heavy atom. The largest absolute Gasteiger partial charge is 0.487 e. The van der Waals surface area contributed by atoms with E-state index in [0.717, 1.165) is 5.56 Å². The van der Waals surface area contributed by atoms with E-state index in [4.69, 9.17) is 9.47 Å². The van der Waals surface area contributed by atoms with Crippen LogP contribution in [0.5, 0.6) is 11.5 Å². The van der Waals surface area contributed by atoms with Crippen LogP contribution in [0.4, 0.5) is 0 Å². The van der Waals surface area contributed by atoms with Gasteiger partial charge in [-0.05, 0) is 23.8 Å². The zero-order valence-corrected chi connectivity index (χ0v) is 18.5. The number of rotatable bonds is 6. The van der Waals surface area contributed by atoms with Crippen molar-refractivity contribution in [3.05, 3.63) is 129 Å². The predicted octanol–water partition coefficient (Wildman–Crippen LogP) is 4.32. The number of aromatic nitrogens is 1. The number of carbonyl (C=O) groups is 2. The summed E-state index contributed by atoms with van der Waals surface area (Å²) < 4.78 is 13.3. The summed E-state index contributed by atoms with van der Waals surface area (Å²) in [6, 6.07) is 22.8. The summed E-state index contributed by atoms with van der Waals surface area (Å²) in [5, 5.41) is 0. The fourth-order valence-corrected chi connectivity index (χ4v) is 3.96. The van der Waals surface area contributed by atoms with E-state index in [-0.39, 0.29) is 29.4 Å². The van der Waals surface area contributed by atoms with E-state index in [1.807, 2.05) is 30.3 Å². The Hall–Kier alpha value is -4.45. The third kappa shape index (κ3) is 4.01. The lowest BCUT2D eigenvalue weighted by Gasteiger charge is -2.18. The van der Waals surface area contributed by atoms with Crippen molar-refractivity contribution < 1.29 is 19.1 Å². The van der Waals surface area contributed by atoms with Crippen molar-refractivity contribution in [2.75, 3.05) is 0 Å². The van der Waals surface area contributed by atoms with Crippen molar-refractivity contribution >= 4 is 11.6 Å². The normalized spacial score (nSPS) is 12.1. The maximum atomic E-state index is 12.9. The SMILES string of the molecule is Cn1cc(OCc2ccccc2)c(=O)cc1COc1ccc2c(c1)C(=O)c1ccccc1C2=O. The molecule has 168 valence electrons. The summed E-state index contributed by atoms with van der Waals surface area (Å²) >= 11 is 0. The Morgan fingerprint density at radius 2 is 1.32 bits per heavy atom.